The third-order valence-electron chi connectivity index (χ3n) is 3.93. The van der Waals surface area contributed by atoms with E-state index < -0.39 is 11.8 Å². The first kappa shape index (κ1) is 17.7. The number of aliphatic imine (C=N–C) groups is 1. The Labute approximate surface area is 150 Å². The molecule has 134 valence electrons. The fraction of sp³-hybridized carbons (Fsp3) is 0.200. The standard InChI is InChI=1S/C20H18FNO4/c1-24-15-7-3-13(4-8-15)6-10-19-22-17(20(23)26-19)12-14-5-9-18(25-2)16(21)11-14/h3-5,7-9,11-12H,6,10H2,1-2H3/b17-12+. The lowest BCUT2D eigenvalue weighted by Crippen LogP contribution is -2.05. The summed E-state index contributed by atoms with van der Waals surface area (Å²) >= 11 is 0. The van der Waals surface area contributed by atoms with Crippen molar-refractivity contribution in [1.29, 1.82) is 0 Å². The number of hydrogen-bond acceptors (Lipinski definition) is 5. The second kappa shape index (κ2) is 7.82. The fourth-order valence-corrected chi connectivity index (χ4v) is 2.53. The van der Waals surface area contributed by atoms with Crippen LogP contribution in [0.25, 0.3) is 6.08 Å². The van der Waals surface area contributed by atoms with Crippen LogP contribution in [-0.4, -0.2) is 26.1 Å². The SMILES string of the molecule is COc1ccc(CCC2=N/C(=C/c3ccc(OC)c(F)c3)C(=O)O2)cc1. The van der Waals surface area contributed by atoms with Crippen LogP contribution in [0.3, 0.4) is 0 Å². The van der Waals surface area contributed by atoms with E-state index in [-0.39, 0.29) is 11.4 Å². The zero-order valence-electron chi connectivity index (χ0n) is 14.5. The predicted molar refractivity (Wildman–Crippen MR) is 95.8 cm³/mol. The third-order valence-corrected chi connectivity index (χ3v) is 3.93. The minimum atomic E-state index is -0.536. The van der Waals surface area contributed by atoms with Crippen molar-refractivity contribution in [1.82, 2.24) is 0 Å². The van der Waals surface area contributed by atoms with Gasteiger partial charge in [0.2, 0.25) is 0 Å². The molecular weight excluding hydrogens is 337 g/mol. The van der Waals surface area contributed by atoms with Gasteiger partial charge in [0.1, 0.15) is 5.75 Å². The number of methoxy groups -OCH3 is 2. The number of ether oxygens (including phenoxy) is 3. The van der Waals surface area contributed by atoms with Crippen LogP contribution in [0.5, 0.6) is 11.5 Å². The molecule has 0 unspecified atom stereocenters. The summed E-state index contributed by atoms with van der Waals surface area (Å²) in [4.78, 5) is 16.2. The number of nitrogens with zero attached hydrogens (tertiary/aromatic N) is 1. The summed E-state index contributed by atoms with van der Waals surface area (Å²) in [5.74, 6) is 0.245. The maximum atomic E-state index is 13.7. The number of aryl methyl sites for hydroxylation is 1. The molecule has 0 saturated carbocycles. The van der Waals surface area contributed by atoms with E-state index in [0.29, 0.717) is 24.3 Å². The van der Waals surface area contributed by atoms with Gasteiger partial charge < -0.3 is 14.2 Å². The average Bonchev–Trinajstić information content (AvgIpc) is 3.00. The van der Waals surface area contributed by atoms with Crippen molar-refractivity contribution in [3.63, 3.8) is 0 Å². The third kappa shape index (κ3) is 4.08. The first-order valence-corrected chi connectivity index (χ1v) is 8.07. The minimum Gasteiger partial charge on any atom is -0.497 e. The Morgan fingerprint density at radius 3 is 2.50 bits per heavy atom. The molecule has 5 nitrogen and oxygen atoms in total. The Hall–Kier alpha value is -3.15. The number of halogens is 1. The van der Waals surface area contributed by atoms with Crippen LogP contribution in [-0.2, 0) is 16.0 Å². The fourth-order valence-electron chi connectivity index (χ4n) is 2.53. The van der Waals surface area contributed by atoms with Crippen LogP contribution >= 0.6 is 0 Å². The molecule has 0 aromatic heterocycles. The van der Waals surface area contributed by atoms with Crippen LogP contribution in [0.2, 0.25) is 0 Å². The lowest BCUT2D eigenvalue weighted by atomic mass is 10.1. The molecule has 1 aliphatic heterocycles. The van der Waals surface area contributed by atoms with Crippen LogP contribution in [0.15, 0.2) is 53.2 Å². The highest BCUT2D eigenvalue weighted by molar-refractivity contribution is 6.07. The molecule has 1 aliphatic rings. The van der Waals surface area contributed by atoms with Gasteiger partial charge in [-0.15, -0.1) is 0 Å². The lowest BCUT2D eigenvalue weighted by Gasteiger charge is -2.03. The van der Waals surface area contributed by atoms with Gasteiger partial charge >= 0.3 is 5.97 Å². The van der Waals surface area contributed by atoms with Gasteiger partial charge in [-0.2, -0.15) is 0 Å². The molecule has 0 radical (unpaired) electrons. The monoisotopic (exact) mass is 355 g/mol. The molecule has 0 atom stereocenters. The molecule has 6 heteroatoms. The van der Waals surface area contributed by atoms with Gasteiger partial charge in [0.15, 0.2) is 23.2 Å². The van der Waals surface area contributed by atoms with Gasteiger partial charge in [-0.25, -0.2) is 14.2 Å². The van der Waals surface area contributed by atoms with E-state index in [1.807, 2.05) is 24.3 Å². The van der Waals surface area contributed by atoms with Crippen molar-refractivity contribution in [3.05, 3.63) is 65.1 Å². The molecule has 0 spiro atoms. The molecule has 0 saturated heterocycles. The van der Waals surface area contributed by atoms with Crippen molar-refractivity contribution in [2.24, 2.45) is 4.99 Å². The van der Waals surface area contributed by atoms with E-state index in [9.17, 15) is 9.18 Å². The Morgan fingerprint density at radius 1 is 1.08 bits per heavy atom. The minimum absolute atomic E-state index is 0.143. The molecule has 0 N–H and O–H groups in total. The quantitative estimate of drug-likeness (QED) is 0.585. The van der Waals surface area contributed by atoms with E-state index in [2.05, 4.69) is 4.99 Å². The second-order valence-electron chi connectivity index (χ2n) is 5.67. The van der Waals surface area contributed by atoms with Crippen LogP contribution in [0.1, 0.15) is 17.5 Å². The number of carbonyl (C=O) groups excluding carboxylic acids is 1. The van der Waals surface area contributed by atoms with Gasteiger partial charge in [0.05, 0.1) is 14.2 Å². The van der Waals surface area contributed by atoms with E-state index in [4.69, 9.17) is 14.2 Å². The average molecular weight is 355 g/mol. The molecule has 0 fully saturated rings. The van der Waals surface area contributed by atoms with Crippen LogP contribution < -0.4 is 9.47 Å². The molecule has 2 aromatic carbocycles. The van der Waals surface area contributed by atoms with Crippen LogP contribution in [0, 0.1) is 5.82 Å². The number of esters is 1. The van der Waals surface area contributed by atoms with Gasteiger partial charge in [-0.1, -0.05) is 18.2 Å². The normalized spacial score (nSPS) is 15.0. The molecule has 1 heterocycles. The summed E-state index contributed by atoms with van der Waals surface area (Å²) in [5, 5.41) is 0. The highest BCUT2D eigenvalue weighted by Crippen LogP contribution is 2.22. The molecule has 0 aliphatic carbocycles. The number of rotatable bonds is 6. The maximum absolute atomic E-state index is 13.7. The predicted octanol–water partition coefficient (Wildman–Crippen LogP) is 3.77. The van der Waals surface area contributed by atoms with Gasteiger partial charge in [0.25, 0.3) is 0 Å². The van der Waals surface area contributed by atoms with Crippen molar-refractivity contribution in [2.75, 3.05) is 14.2 Å². The highest BCUT2D eigenvalue weighted by Gasteiger charge is 2.22. The first-order valence-electron chi connectivity index (χ1n) is 8.07. The number of cyclic esters (lactones) is 1. The van der Waals surface area contributed by atoms with E-state index >= 15 is 0 Å². The molecule has 26 heavy (non-hydrogen) atoms. The molecule has 0 bridgehead atoms. The number of hydrogen-bond donors (Lipinski definition) is 0. The summed E-state index contributed by atoms with van der Waals surface area (Å²) in [5.41, 5.74) is 1.74. The summed E-state index contributed by atoms with van der Waals surface area (Å²) in [6.45, 7) is 0. The van der Waals surface area contributed by atoms with Gasteiger partial charge in [0, 0.05) is 6.42 Å². The van der Waals surface area contributed by atoms with Gasteiger partial charge in [-0.3, -0.25) is 0 Å². The van der Waals surface area contributed by atoms with Gasteiger partial charge in [-0.05, 0) is 47.9 Å². The second-order valence-corrected chi connectivity index (χ2v) is 5.67. The zero-order valence-corrected chi connectivity index (χ0v) is 14.5. The maximum Gasteiger partial charge on any atom is 0.363 e. The van der Waals surface area contributed by atoms with E-state index in [0.717, 1.165) is 11.3 Å². The molecule has 3 rings (SSSR count). The molecule has 0 amide bonds. The summed E-state index contributed by atoms with van der Waals surface area (Å²) in [7, 11) is 3.01. The Bertz CT molecular complexity index is 872. The van der Waals surface area contributed by atoms with Crippen molar-refractivity contribution < 1.29 is 23.4 Å². The van der Waals surface area contributed by atoms with Crippen molar-refractivity contribution >= 4 is 17.9 Å². The Kier molecular flexibility index (Phi) is 5.31. The first-order chi connectivity index (χ1) is 12.6. The number of carbonyl (C=O) groups is 1. The Morgan fingerprint density at radius 2 is 1.85 bits per heavy atom. The number of benzene rings is 2. The summed E-state index contributed by atoms with van der Waals surface area (Å²) < 4.78 is 28.9. The summed E-state index contributed by atoms with van der Waals surface area (Å²) in [6, 6.07) is 12.1. The van der Waals surface area contributed by atoms with E-state index in [1.165, 1.54) is 25.3 Å². The highest BCUT2D eigenvalue weighted by atomic mass is 19.1. The van der Waals surface area contributed by atoms with Crippen molar-refractivity contribution in [3.8, 4) is 11.5 Å². The van der Waals surface area contributed by atoms with E-state index in [1.54, 1.807) is 13.2 Å². The lowest BCUT2D eigenvalue weighted by molar-refractivity contribution is -0.130. The van der Waals surface area contributed by atoms with Crippen LogP contribution in [0.4, 0.5) is 4.39 Å². The smallest absolute Gasteiger partial charge is 0.363 e. The molecular formula is C20H18FNO4. The van der Waals surface area contributed by atoms with Crippen molar-refractivity contribution in [2.45, 2.75) is 12.8 Å². The topological polar surface area (TPSA) is 57.1 Å². The Balaban J connectivity index is 1.68. The largest absolute Gasteiger partial charge is 0.497 e. The molecule has 2 aromatic rings. The summed E-state index contributed by atoms with van der Waals surface area (Å²) in [6.07, 6.45) is 2.66. The zero-order chi connectivity index (χ0) is 18.5.